The average molecular weight is 346 g/mol. The second kappa shape index (κ2) is 5.81. The minimum atomic E-state index is -0.717. The van der Waals surface area contributed by atoms with Crippen LogP contribution in [0.5, 0.6) is 0 Å². The number of carbonyl (C=O) groups excluding carboxylic acids is 3. The fourth-order valence-electron chi connectivity index (χ4n) is 3.15. The molecule has 1 aliphatic carbocycles. The van der Waals surface area contributed by atoms with Gasteiger partial charge in [0.05, 0.1) is 12.7 Å². The lowest BCUT2D eigenvalue weighted by Gasteiger charge is -2.13. The van der Waals surface area contributed by atoms with Gasteiger partial charge in [-0.2, -0.15) is 0 Å². The summed E-state index contributed by atoms with van der Waals surface area (Å²) in [4.78, 5) is 38.2. The highest BCUT2D eigenvalue weighted by Crippen LogP contribution is 2.38. The Labute approximate surface area is 149 Å². The van der Waals surface area contributed by atoms with Crippen LogP contribution in [0.3, 0.4) is 0 Å². The van der Waals surface area contributed by atoms with Crippen LogP contribution in [-0.2, 0) is 4.74 Å². The molecular weight excluding hydrogens is 332 g/mol. The molecule has 0 saturated heterocycles. The van der Waals surface area contributed by atoms with Crippen molar-refractivity contribution in [2.75, 3.05) is 7.11 Å². The number of esters is 1. The highest BCUT2D eigenvalue weighted by Gasteiger charge is 2.39. The van der Waals surface area contributed by atoms with Crippen molar-refractivity contribution in [3.05, 3.63) is 82.1 Å². The molecule has 0 N–H and O–H groups in total. The van der Waals surface area contributed by atoms with Gasteiger partial charge in [-0.1, -0.05) is 54.1 Å². The molecule has 26 heavy (non-hydrogen) atoms. The van der Waals surface area contributed by atoms with Gasteiger partial charge in [-0.25, -0.2) is 4.79 Å². The van der Waals surface area contributed by atoms with Gasteiger partial charge in [-0.3, -0.25) is 9.59 Å². The van der Waals surface area contributed by atoms with Gasteiger partial charge >= 0.3 is 5.97 Å². The van der Waals surface area contributed by atoms with Crippen molar-refractivity contribution in [2.45, 2.75) is 6.92 Å². The van der Waals surface area contributed by atoms with Crippen LogP contribution in [0.4, 0.5) is 0 Å². The van der Waals surface area contributed by atoms with Crippen molar-refractivity contribution in [3.63, 3.8) is 0 Å². The van der Waals surface area contributed by atoms with E-state index in [-0.39, 0.29) is 33.8 Å². The number of furan rings is 1. The highest BCUT2D eigenvalue weighted by molar-refractivity contribution is 6.30. The lowest BCUT2D eigenvalue weighted by molar-refractivity contribution is 0.0598. The molecule has 2 aromatic carbocycles. The van der Waals surface area contributed by atoms with Crippen molar-refractivity contribution in [2.24, 2.45) is 0 Å². The Bertz CT molecular complexity index is 1070. The molecule has 0 saturated carbocycles. The first-order valence-electron chi connectivity index (χ1n) is 8.03. The number of ketones is 2. The normalized spacial score (nSPS) is 12.5. The second-order valence-electron chi connectivity index (χ2n) is 6.07. The van der Waals surface area contributed by atoms with Crippen LogP contribution in [0.1, 0.15) is 48.0 Å². The third kappa shape index (κ3) is 2.21. The van der Waals surface area contributed by atoms with Gasteiger partial charge in [0, 0.05) is 16.7 Å². The van der Waals surface area contributed by atoms with E-state index < -0.39 is 17.5 Å². The molecular formula is C21H14O5. The van der Waals surface area contributed by atoms with E-state index in [0.717, 1.165) is 5.56 Å². The largest absolute Gasteiger partial charge is 0.465 e. The molecule has 1 heterocycles. The third-order valence-electron chi connectivity index (χ3n) is 4.46. The lowest BCUT2D eigenvalue weighted by Crippen LogP contribution is -2.21. The summed E-state index contributed by atoms with van der Waals surface area (Å²) in [6.45, 7) is 1.93. The van der Waals surface area contributed by atoms with E-state index in [0.29, 0.717) is 5.56 Å². The molecule has 0 atom stereocenters. The van der Waals surface area contributed by atoms with Crippen molar-refractivity contribution >= 4 is 17.5 Å². The number of rotatable bonds is 2. The number of carbonyl (C=O) groups is 3. The standard InChI is InChI=1S/C21H14O5/c1-11-7-9-12(10-8-11)19-16(21(24)25-2)15-17(22)13-5-3-4-6-14(13)18(23)20(15)26-19/h3-10H,1-2H3. The number of aryl methyl sites for hydroxylation is 1. The van der Waals surface area contributed by atoms with Crippen LogP contribution >= 0.6 is 0 Å². The summed E-state index contributed by atoms with van der Waals surface area (Å²) in [5.41, 5.74) is 2.10. The van der Waals surface area contributed by atoms with Gasteiger partial charge in [0.2, 0.25) is 5.78 Å². The first-order chi connectivity index (χ1) is 12.5. The van der Waals surface area contributed by atoms with E-state index in [1.54, 1.807) is 36.4 Å². The first kappa shape index (κ1) is 16.0. The molecule has 0 aliphatic heterocycles. The molecule has 1 aliphatic rings. The Morgan fingerprint density at radius 2 is 1.50 bits per heavy atom. The summed E-state index contributed by atoms with van der Waals surface area (Å²) in [6, 6.07) is 13.8. The van der Waals surface area contributed by atoms with Crippen LogP contribution in [0, 0.1) is 6.92 Å². The predicted octanol–water partition coefficient (Wildman–Crippen LogP) is 3.82. The van der Waals surface area contributed by atoms with Crippen molar-refractivity contribution in [1.29, 1.82) is 0 Å². The number of hydrogen-bond donors (Lipinski definition) is 0. The SMILES string of the molecule is COC(=O)c1c(-c2ccc(C)cc2)oc2c1C(=O)c1ccccc1C2=O. The monoisotopic (exact) mass is 346 g/mol. The van der Waals surface area contributed by atoms with E-state index >= 15 is 0 Å². The Hall–Kier alpha value is -3.47. The number of benzene rings is 2. The van der Waals surface area contributed by atoms with Gasteiger partial charge in [0.15, 0.2) is 11.5 Å². The number of methoxy groups -OCH3 is 1. The molecule has 128 valence electrons. The maximum atomic E-state index is 13.0. The summed E-state index contributed by atoms with van der Waals surface area (Å²) in [7, 11) is 1.23. The van der Waals surface area contributed by atoms with Crippen LogP contribution in [0.25, 0.3) is 11.3 Å². The third-order valence-corrected chi connectivity index (χ3v) is 4.46. The summed E-state index contributed by atoms with van der Waals surface area (Å²) in [5, 5.41) is 0. The summed E-state index contributed by atoms with van der Waals surface area (Å²) in [5.74, 6) is -1.51. The molecule has 3 aromatic rings. The maximum absolute atomic E-state index is 13.0. The molecule has 0 radical (unpaired) electrons. The Morgan fingerprint density at radius 1 is 0.885 bits per heavy atom. The lowest BCUT2D eigenvalue weighted by atomic mass is 9.86. The highest BCUT2D eigenvalue weighted by atomic mass is 16.5. The molecule has 5 heteroatoms. The van der Waals surface area contributed by atoms with Crippen molar-refractivity contribution in [1.82, 2.24) is 0 Å². The molecule has 1 aromatic heterocycles. The van der Waals surface area contributed by atoms with E-state index in [9.17, 15) is 14.4 Å². The molecule has 0 fully saturated rings. The smallest absolute Gasteiger partial charge is 0.342 e. The Balaban J connectivity index is 2.02. The zero-order chi connectivity index (χ0) is 18.4. The van der Waals surface area contributed by atoms with E-state index in [1.165, 1.54) is 7.11 Å². The molecule has 5 nitrogen and oxygen atoms in total. The maximum Gasteiger partial charge on any atom is 0.342 e. The Kier molecular flexibility index (Phi) is 3.58. The van der Waals surface area contributed by atoms with Crippen LogP contribution in [0.15, 0.2) is 52.9 Å². The topological polar surface area (TPSA) is 73.6 Å². The minimum Gasteiger partial charge on any atom is -0.465 e. The second-order valence-corrected chi connectivity index (χ2v) is 6.07. The van der Waals surface area contributed by atoms with Crippen LogP contribution < -0.4 is 0 Å². The van der Waals surface area contributed by atoms with Crippen molar-refractivity contribution in [3.8, 4) is 11.3 Å². The number of hydrogen-bond acceptors (Lipinski definition) is 5. The van der Waals surface area contributed by atoms with Crippen LogP contribution in [0.2, 0.25) is 0 Å². The van der Waals surface area contributed by atoms with Gasteiger partial charge in [0.25, 0.3) is 0 Å². The average Bonchev–Trinajstić information content (AvgIpc) is 3.07. The molecule has 0 spiro atoms. The van der Waals surface area contributed by atoms with Crippen LogP contribution in [-0.4, -0.2) is 24.6 Å². The summed E-state index contributed by atoms with van der Waals surface area (Å²) in [6.07, 6.45) is 0. The molecule has 4 rings (SSSR count). The summed E-state index contributed by atoms with van der Waals surface area (Å²) >= 11 is 0. The molecule has 0 amide bonds. The zero-order valence-electron chi connectivity index (χ0n) is 14.2. The fourth-order valence-corrected chi connectivity index (χ4v) is 3.15. The van der Waals surface area contributed by atoms with Gasteiger partial charge in [-0.15, -0.1) is 0 Å². The number of ether oxygens (including phenoxy) is 1. The van der Waals surface area contributed by atoms with Gasteiger partial charge < -0.3 is 9.15 Å². The molecule has 0 unspecified atom stereocenters. The van der Waals surface area contributed by atoms with E-state index in [2.05, 4.69) is 0 Å². The van der Waals surface area contributed by atoms with Gasteiger partial charge in [0.1, 0.15) is 11.3 Å². The Morgan fingerprint density at radius 3 is 2.12 bits per heavy atom. The van der Waals surface area contributed by atoms with Gasteiger partial charge in [-0.05, 0) is 6.92 Å². The predicted molar refractivity (Wildman–Crippen MR) is 93.5 cm³/mol. The first-order valence-corrected chi connectivity index (χ1v) is 8.03. The zero-order valence-corrected chi connectivity index (χ0v) is 14.2. The van der Waals surface area contributed by atoms with Crippen molar-refractivity contribution < 1.29 is 23.5 Å². The number of fused-ring (bicyclic) bond motifs is 2. The molecule has 0 bridgehead atoms. The quantitative estimate of drug-likeness (QED) is 0.516. The van der Waals surface area contributed by atoms with E-state index in [4.69, 9.17) is 9.15 Å². The van der Waals surface area contributed by atoms with E-state index in [1.807, 2.05) is 19.1 Å². The summed E-state index contributed by atoms with van der Waals surface area (Å²) < 4.78 is 10.6. The minimum absolute atomic E-state index is 0.0146. The fraction of sp³-hybridized carbons (Fsp3) is 0.0952.